The van der Waals surface area contributed by atoms with Gasteiger partial charge in [-0.1, -0.05) is 6.58 Å². The van der Waals surface area contributed by atoms with Crippen LogP contribution in [0, 0.1) is 5.92 Å². The second kappa shape index (κ2) is 2.92. The van der Waals surface area contributed by atoms with Gasteiger partial charge in [0.1, 0.15) is 5.60 Å². The monoisotopic (exact) mass is 168 g/mol. The highest BCUT2D eigenvalue weighted by Gasteiger charge is 2.40. The molecule has 2 heteroatoms. The number of Topliss-reactive ketones (excluding diaryl/α,β-unsaturated/α-hetero) is 1. The van der Waals surface area contributed by atoms with Crippen LogP contribution in [-0.2, 0) is 9.53 Å². The lowest BCUT2D eigenvalue weighted by Gasteiger charge is -2.26. The molecule has 0 unspecified atom stereocenters. The fourth-order valence-electron chi connectivity index (χ4n) is 1.25. The third-order valence-electron chi connectivity index (χ3n) is 2.34. The van der Waals surface area contributed by atoms with Gasteiger partial charge in [-0.05, 0) is 32.6 Å². The number of carbonyl (C=O) groups excluding carboxylic acids is 1. The Bertz CT molecular complexity index is 212. The summed E-state index contributed by atoms with van der Waals surface area (Å²) >= 11 is 0. The third-order valence-corrected chi connectivity index (χ3v) is 2.34. The van der Waals surface area contributed by atoms with Gasteiger partial charge in [0, 0.05) is 6.92 Å². The van der Waals surface area contributed by atoms with Crippen LogP contribution in [0.1, 0.15) is 33.6 Å². The quantitative estimate of drug-likeness (QED) is 0.475. The van der Waals surface area contributed by atoms with E-state index in [9.17, 15) is 4.79 Å². The van der Waals surface area contributed by atoms with E-state index >= 15 is 0 Å². The van der Waals surface area contributed by atoms with Crippen molar-refractivity contribution < 1.29 is 9.53 Å². The second-order valence-corrected chi connectivity index (χ2v) is 3.96. The summed E-state index contributed by atoms with van der Waals surface area (Å²) < 4.78 is 5.48. The smallest absolute Gasteiger partial charge is 0.193 e. The molecule has 0 radical (unpaired) electrons. The van der Waals surface area contributed by atoms with Gasteiger partial charge in [0.15, 0.2) is 11.5 Å². The minimum absolute atomic E-state index is 0.0799. The Balaban J connectivity index is 2.48. The predicted molar refractivity (Wildman–Crippen MR) is 47.7 cm³/mol. The van der Waals surface area contributed by atoms with Crippen molar-refractivity contribution in [3.05, 3.63) is 12.3 Å². The number of carbonyl (C=O) groups is 1. The van der Waals surface area contributed by atoms with Crippen molar-refractivity contribution in [1.82, 2.24) is 0 Å². The Labute approximate surface area is 73.6 Å². The summed E-state index contributed by atoms with van der Waals surface area (Å²) in [5.41, 5.74) is -0.206. The summed E-state index contributed by atoms with van der Waals surface area (Å²) in [6.45, 7) is 9.08. The molecule has 0 aromatic heterocycles. The summed E-state index contributed by atoms with van der Waals surface area (Å²) in [6, 6.07) is 0. The molecule has 0 bridgehead atoms. The summed E-state index contributed by atoms with van der Waals surface area (Å²) in [7, 11) is 0. The van der Waals surface area contributed by atoms with Crippen molar-refractivity contribution in [3.8, 4) is 0 Å². The van der Waals surface area contributed by atoms with E-state index in [1.165, 1.54) is 19.8 Å². The van der Waals surface area contributed by atoms with Gasteiger partial charge in [-0.2, -0.15) is 0 Å². The molecule has 1 aliphatic carbocycles. The van der Waals surface area contributed by atoms with Crippen LogP contribution in [0.15, 0.2) is 12.3 Å². The molecular weight excluding hydrogens is 152 g/mol. The molecule has 1 rings (SSSR count). The van der Waals surface area contributed by atoms with Crippen molar-refractivity contribution in [3.63, 3.8) is 0 Å². The Morgan fingerprint density at radius 1 is 1.50 bits per heavy atom. The lowest BCUT2D eigenvalue weighted by molar-refractivity contribution is -0.120. The Morgan fingerprint density at radius 2 is 2.00 bits per heavy atom. The van der Waals surface area contributed by atoms with Crippen LogP contribution in [0.3, 0.4) is 0 Å². The minimum atomic E-state index is -0.206. The van der Waals surface area contributed by atoms with E-state index in [1.54, 1.807) is 0 Å². The first-order chi connectivity index (χ1) is 5.43. The fourth-order valence-corrected chi connectivity index (χ4v) is 1.25. The number of hydrogen-bond acceptors (Lipinski definition) is 2. The van der Waals surface area contributed by atoms with E-state index in [0.717, 1.165) is 0 Å². The molecule has 0 aromatic rings. The van der Waals surface area contributed by atoms with E-state index in [4.69, 9.17) is 4.74 Å². The molecule has 0 heterocycles. The van der Waals surface area contributed by atoms with Gasteiger partial charge >= 0.3 is 0 Å². The average molecular weight is 168 g/mol. The van der Waals surface area contributed by atoms with Gasteiger partial charge in [0.25, 0.3) is 0 Å². The first kappa shape index (κ1) is 9.30. The van der Waals surface area contributed by atoms with Crippen LogP contribution in [0.2, 0.25) is 0 Å². The lowest BCUT2D eigenvalue weighted by atomic mass is 10.0. The molecule has 2 nitrogen and oxygen atoms in total. The van der Waals surface area contributed by atoms with Crippen LogP contribution in [-0.4, -0.2) is 11.4 Å². The van der Waals surface area contributed by atoms with Crippen molar-refractivity contribution in [2.45, 2.75) is 39.2 Å². The zero-order valence-electron chi connectivity index (χ0n) is 8.02. The molecule has 0 N–H and O–H groups in total. The highest BCUT2D eigenvalue weighted by atomic mass is 16.5. The Morgan fingerprint density at radius 3 is 2.33 bits per heavy atom. The lowest BCUT2D eigenvalue weighted by Crippen LogP contribution is -2.27. The molecule has 0 spiro atoms. The minimum Gasteiger partial charge on any atom is -0.484 e. The molecule has 68 valence electrons. The highest BCUT2D eigenvalue weighted by Crippen LogP contribution is 2.42. The summed E-state index contributed by atoms with van der Waals surface area (Å²) in [5.74, 6) is 0.809. The van der Waals surface area contributed by atoms with Crippen molar-refractivity contribution >= 4 is 5.78 Å². The summed E-state index contributed by atoms with van der Waals surface area (Å²) in [5, 5.41) is 0. The zero-order valence-corrected chi connectivity index (χ0v) is 8.02. The predicted octanol–water partition coefficient (Wildman–Crippen LogP) is 2.29. The maximum Gasteiger partial charge on any atom is 0.193 e. The zero-order chi connectivity index (χ0) is 9.35. The molecule has 0 aromatic carbocycles. The van der Waals surface area contributed by atoms with Crippen molar-refractivity contribution in [2.75, 3.05) is 0 Å². The first-order valence-electron chi connectivity index (χ1n) is 4.32. The first-order valence-corrected chi connectivity index (χ1v) is 4.32. The molecule has 1 saturated carbocycles. The van der Waals surface area contributed by atoms with E-state index in [-0.39, 0.29) is 17.1 Å². The molecule has 0 saturated heterocycles. The third kappa shape index (κ3) is 2.10. The molecule has 0 aliphatic heterocycles. The van der Waals surface area contributed by atoms with E-state index in [2.05, 4.69) is 6.58 Å². The Hall–Kier alpha value is -0.790. The van der Waals surface area contributed by atoms with E-state index < -0.39 is 0 Å². The summed E-state index contributed by atoms with van der Waals surface area (Å²) in [4.78, 5) is 10.8. The van der Waals surface area contributed by atoms with Gasteiger partial charge < -0.3 is 4.74 Å². The van der Waals surface area contributed by atoms with Crippen LogP contribution in [0.25, 0.3) is 0 Å². The van der Waals surface area contributed by atoms with E-state index in [0.29, 0.717) is 5.92 Å². The maximum absolute atomic E-state index is 10.8. The van der Waals surface area contributed by atoms with Gasteiger partial charge in [-0.15, -0.1) is 0 Å². The molecular formula is C10H16O2. The van der Waals surface area contributed by atoms with Crippen LogP contribution >= 0.6 is 0 Å². The molecule has 12 heavy (non-hydrogen) atoms. The van der Waals surface area contributed by atoms with E-state index in [1.807, 2.05) is 13.8 Å². The van der Waals surface area contributed by atoms with Crippen LogP contribution in [0.5, 0.6) is 0 Å². The van der Waals surface area contributed by atoms with Gasteiger partial charge in [0.2, 0.25) is 0 Å². The molecule has 1 aliphatic rings. The molecule has 0 amide bonds. The number of rotatable bonds is 4. The number of ketones is 1. The fraction of sp³-hybridized carbons (Fsp3) is 0.700. The maximum atomic E-state index is 10.8. The van der Waals surface area contributed by atoms with Gasteiger partial charge in [-0.25, -0.2) is 0 Å². The SMILES string of the molecule is C=C(OC(C)(C)C1CC1)C(C)=O. The second-order valence-electron chi connectivity index (χ2n) is 3.96. The van der Waals surface area contributed by atoms with Crippen molar-refractivity contribution in [2.24, 2.45) is 5.92 Å². The summed E-state index contributed by atoms with van der Waals surface area (Å²) in [6.07, 6.45) is 2.41. The normalized spacial score (nSPS) is 17.2. The number of ether oxygens (including phenoxy) is 1. The van der Waals surface area contributed by atoms with Crippen LogP contribution in [0.4, 0.5) is 0 Å². The number of hydrogen-bond donors (Lipinski definition) is 0. The van der Waals surface area contributed by atoms with Crippen LogP contribution < -0.4 is 0 Å². The topological polar surface area (TPSA) is 26.3 Å². The van der Waals surface area contributed by atoms with Gasteiger partial charge in [-0.3, -0.25) is 4.79 Å². The highest BCUT2D eigenvalue weighted by molar-refractivity contribution is 5.90. The Kier molecular flexibility index (Phi) is 2.27. The largest absolute Gasteiger partial charge is 0.484 e. The van der Waals surface area contributed by atoms with Gasteiger partial charge in [0.05, 0.1) is 0 Å². The average Bonchev–Trinajstić information content (AvgIpc) is 2.65. The molecule has 0 atom stereocenters. The standard InChI is InChI=1S/C10H16O2/c1-7(11)8(2)12-10(3,4)9-5-6-9/h9H,2,5-6H2,1,3-4H3. The van der Waals surface area contributed by atoms with Crippen molar-refractivity contribution in [1.29, 1.82) is 0 Å². The molecule has 1 fully saturated rings. The number of allylic oxidation sites excluding steroid dienone is 1.